The third-order valence-electron chi connectivity index (χ3n) is 7.60. The lowest BCUT2D eigenvalue weighted by atomic mass is 10.2. The molecule has 0 aliphatic rings. The number of para-hydroxylation sites is 4. The highest BCUT2D eigenvalue weighted by atomic mass is 16.5. The zero-order valence-electron chi connectivity index (χ0n) is 25.3. The minimum atomic E-state index is -0.363. The number of nitrogens with zero attached hydrogens (tertiary/aromatic N) is 5. The molecule has 0 aliphatic carbocycles. The van der Waals surface area contributed by atoms with Crippen LogP contribution in [-0.2, 0) is 9.47 Å². The number of rotatable bonds is 8. The highest BCUT2D eigenvalue weighted by Crippen LogP contribution is 2.32. The predicted octanol–water partition coefficient (Wildman–Crippen LogP) is 7.45. The summed E-state index contributed by atoms with van der Waals surface area (Å²) in [6, 6.07) is 36.1. The summed E-state index contributed by atoms with van der Waals surface area (Å²) in [5.41, 5.74) is 7.36. The Morgan fingerprint density at radius 2 is 0.935 bits per heavy atom. The van der Waals surface area contributed by atoms with Crippen LogP contribution < -0.4 is 0 Å². The number of fused-ring (bicyclic) bond motifs is 2. The molecule has 0 spiro atoms. The third kappa shape index (κ3) is 5.17. The third-order valence-corrected chi connectivity index (χ3v) is 7.60. The van der Waals surface area contributed by atoms with Crippen LogP contribution >= 0.6 is 0 Å². The second-order valence-electron chi connectivity index (χ2n) is 10.5. The van der Waals surface area contributed by atoms with Crippen molar-refractivity contribution >= 4 is 34.0 Å². The molecule has 4 aromatic carbocycles. The van der Waals surface area contributed by atoms with Gasteiger partial charge >= 0.3 is 11.9 Å². The number of benzene rings is 4. The smallest absolute Gasteiger partial charge is 0.338 e. The van der Waals surface area contributed by atoms with Crippen molar-refractivity contribution in [1.82, 2.24) is 24.1 Å². The molecule has 0 unspecified atom stereocenters. The van der Waals surface area contributed by atoms with Gasteiger partial charge in [-0.25, -0.2) is 24.5 Å². The maximum Gasteiger partial charge on any atom is 0.338 e. The van der Waals surface area contributed by atoms with Crippen LogP contribution in [0, 0.1) is 0 Å². The first-order valence-corrected chi connectivity index (χ1v) is 15.0. The number of carbonyl (C=O) groups is 2. The van der Waals surface area contributed by atoms with Gasteiger partial charge in [-0.1, -0.05) is 30.3 Å². The topological polar surface area (TPSA) is 101 Å². The summed E-state index contributed by atoms with van der Waals surface area (Å²) in [6.45, 7) is 4.19. The van der Waals surface area contributed by atoms with Crippen LogP contribution in [0.25, 0.3) is 56.5 Å². The molecule has 0 bridgehead atoms. The average molecular weight is 608 g/mol. The second-order valence-corrected chi connectivity index (χ2v) is 10.5. The number of hydrogen-bond acceptors (Lipinski definition) is 7. The summed E-state index contributed by atoms with van der Waals surface area (Å²) < 4.78 is 14.4. The Labute approximate surface area is 264 Å². The van der Waals surface area contributed by atoms with Gasteiger partial charge in [-0.2, -0.15) is 0 Å². The van der Waals surface area contributed by atoms with E-state index in [1.165, 1.54) is 0 Å². The quantitative estimate of drug-likeness (QED) is 0.165. The van der Waals surface area contributed by atoms with Crippen LogP contribution in [0.5, 0.6) is 0 Å². The normalized spacial score (nSPS) is 11.2. The van der Waals surface area contributed by atoms with Gasteiger partial charge in [0.25, 0.3) is 0 Å². The van der Waals surface area contributed by atoms with E-state index in [0.717, 1.165) is 33.4 Å². The fourth-order valence-electron chi connectivity index (χ4n) is 5.52. The first kappa shape index (κ1) is 28.7. The first-order chi connectivity index (χ1) is 22.6. The van der Waals surface area contributed by atoms with E-state index >= 15 is 0 Å². The van der Waals surface area contributed by atoms with Crippen LogP contribution in [0.15, 0.2) is 115 Å². The van der Waals surface area contributed by atoms with Crippen molar-refractivity contribution < 1.29 is 19.1 Å². The Morgan fingerprint density at radius 1 is 0.522 bits per heavy atom. The van der Waals surface area contributed by atoms with Crippen molar-refractivity contribution in [2.24, 2.45) is 0 Å². The van der Waals surface area contributed by atoms with E-state index in [1.807, 2.05) is 100 Å². The minimum absolute atomic E-state index is 0.311. The molecule has 0 aliphatic heterocycles. The van der Waals surface area contributed by atoms with Gasteiger partial charge in [-0.15, -0.1) is 0 Å². The lowest BCUT2D eigenvalue weighted by molar-refractivity contribution is 0.0517. The Morgan fingerprint density at radius 3 is 1.35 bits per heavy atom. The Balaban J connectivity index is 1.35. The molecule has 226 valence electrons. The maximum atomic E-state index is 12.3. The summed E-state index contributed by atoms with van der Waals surface area (Å²) in [6.07, 6.45) is 0. The van der Waals surface area contributed by atoms with Gasteiger partial charge in [-0.3, -0.25) is 9.13 Å². The van der Waals surface area contributed by atoms with Gasteiger partial charge in [0.15, 0.2) is 11.6 Å². The van der Waals surface area contributed by atoms with Crippen molar-refractivity contribution in [3.63, 3.8) is 0 Å². The molecule has 0 saturated carbocycles. The zero-order valence-corrected chi connectivity index (χ0v) is 25.3. The molecule has 0 atom stereocenters. The highest BCUT2D eigenvalue weighted by molar-refractivity contribution is 5.91. The molecule has 0 saturated heterocycles. The van der Waals surface area contributed by atoms with Crippen LogP contribution in [0.3, 0.4) is 0 Å². The standard InChI is InChI=1S/C37H29N5O4/c1-3-45-36(43)24-16-20-26(21-17-24)41-32-14-7-5-10-28(32)39-34(41)30-12-9-13-31(38-30)35-40-29-11-6-8-15-33(29)42(35)27-22-18-25(19-23-27)37(44)46-4-2/h5-23H,3-4H2,1-2H3. The highest BCUT2D eigenvalue weighted by Gasteiger charge is 2.20. The Hall–Kier alpha value is -6.09. The molecule has 3 aromatic heterocycles. The van der Waals surface area contributed by atoms with Gasteiger partial charge in [-0.05, 0) is 98.8 Å². The van der Waals surface area contributed by atoms with Gasteiger partial charge in [0.05, 0.1) is 46.4 Å². The van der Waals surface area contributed by atoms with Gasteiger partial charge in [0.1, 0.15) is 11.4 Å². The number of pyridine rings is 1. The number of esters is 2. The lowest BCUT2D eigenvalue weighted by Crippen LogP contribution is -2.06. The summed E-state index contributed by atoms with van der Waals surface area (Å²) in [4.78, 5) is 39.7. The number of hydrogen-bond donors (Lipinski definition) is 0. The van der Waals surface area contributed by atoms with Crippen molar-refractivity contribution in [3.05, 3.63) is 126 Å². The number of ether oxygens (including phenoxy) is 2. The fraction of sp³-hybridized carbons (Fsp3) is 0.108. The molecule has 0 N–H and O–H groups in total. The van der Waals surface area contributed by atoms with Crippen molar-refractivity contribution in [1.29, 1.82) is 0 Å². The van der Waals surface area contributed by atoms with Gasteiger partial charge in [0.2, 0.25) is 0 Å². The van der Waals surface area contributed by atoms with E-state index in [2.05, 4.69) is 0 Å². The molecular formula is C37H29N5O4. The minimum Gasteiger partial charge on any atom is -0.462 e. The predicted molar refractivity (Wildman–Crippen MR) is 176 cm³/mol. The van der Waals surface area contributed by atoms with E-state index < -0.39 is 0 Å². The number of carbonyl (C=O) groups excluding carboxylic acids is 2. The molecule has 0 fully saturated rings. The van der Waals surface area contributed by atoms with Crippen molar-refractivity contribution in [2.75, 3.05) is 13.2 Å². The Kier molecular flexibility index (Phi) is 7.56. The molecular weight excluding hydrogens is 578 g/mol. The zero-order chi connectivity index (χ0) is 31.6. The van der Waals surface area contributed by atoms with Crippen LogP contribution in [-0.4, -0.2) is 49.2 Å². The Bertz CT molecular complexity index is 2060. The van der Waals surface area contributed by atoms with Crippen LogP contribution in [0.2, 0.25) is 0 Å². The van der Waals surface area contributed by atoms with Crippen molar-refractivity contribution in [3.8, 4) is 34.4 Å². The summed E-state index contributed by atoms with van der Waals surface area (Å²) in [5.74, 6) is 0.567. The monoisotopic (exact) mass is 607 g/mol. The van der Waals surface area contributed by atoms with Crippen LogP contribution in [0.4, 0.5) is 0 Å². The van der Waals surface area contributed by atoms with E-state index in [-0.39, 0.29) is 11.9 Å². The molecule has 0 radical (unpaired) electrons. The summed E-state index contributed by atoms with van der Waals surface area (Å²) in [5, 5.41) is 0. The SMILES string of the molecule is CCOC(=O)c1ccc(-n2c(-c3cccc(-c4nc5ccccc5n4-c4ccc(C(=O)OCC)cc4)n3)nc3ccccc32)cc1. The average Bonchev–Trinajstić information content (AvgIpc) is 3.68. The second kappa shape index (κ2) is 12.1. The van der Waals surface area contributed by atoms with Crippen molar-refractivity contribution in [2.45, 2.75) is 13.8 Å². The molecule has 9 heteroatoms. The van der Waals surface area contributed by atoms with Crippen LogP contribution in [0.1, 0.15) is 34.6 Å². The van der Waals surface area contributed by atoms with Gasteiger partial charge < -0.3 is 9.47 Å². The number of aromatic nitrogens is 5. The molecule has 3 heterocycles. The van der Waals surface area contributed by atoms with E-state index in [0.29, 0.717) is 47.4 Å². The molecule has 0 amide bonds. The molecule has 46 heavy (non-hydrogen) atoms. The maximum absolute atomic E-state index is 12.3. The summed E-state index contributed by atoms with van der Waals surface area (Å²) >= 11 is 0. The van der Waals surface area contributed by atoms with E-state index in [4.69, 9.17) is 24.4 Å². The molecule has 7 rings (SSSR count). The van der Waals surface area contributed by atoms with E-state index in [1.54, 1.807) is 38.1 Å². The van der Waals surface area contributed by atoms with E-state index in [9.17, 15) is 9.59 Å². The molecule has 7 aromatic rings. The van der Waals surface area contributed by atoms with Gasteiger partial charge in [0, 0.05) is 11.4 Å². The fourth-order valence-corrected chi connectivity index (χ4v) is 5.52. The molecule has 9 nitrogen and oxygen atoms in total. The first-order valence-electron chi connectivity index (χ1n) is 15.0. The largest absolute Gasteiger partial charge is 0.462 e. The summed E-state index contributed by atoms with van der Waals surface area (Å²) in [7, 11) is 0. The number of imidazole rings is 2. The lowest BCUT2D eigenvalue weighted by Gasteiger charge is -2.12.